The van der Waals surface area contributed by atoms with E-state index in [1.807, 2.05) is 13.8 Å². The molecule has 3 N–H and O–H groups in total. The fraction of sp³-hybridized carbons (Fsp3) is 0.917. The molecule has 2 atom stereocenters. The Bertz CT molecular complexity index is 219. The van der Waals surface area contributed by atoms with Crippen LogP contribution in [0.4, 0.5) is 0 Å². The smallest absolute Gasteiger partial charge is 0.246 e. The lowest BCUT2D eigenvalue weighted by molar-refractivity contribution is -0.127. The Morgan fingerprint density at radius 2 is 2.12 bits per heavy atom. The van der Waals surface area contributed by atoms with E-state index in [4.69, 9.17) is 10.5 Å². The summed E-state index contributed by atoms with van der Waals surface area (Å²) in [6.45, 7) is 4.69. The second kappa shape index (κ2) is 6.86. The Morgan fingerprint density at radius 1 is 1.44 bits per heavy atom. The van der Waals surface area contributed by atoms with Crippen molar-refractivity contribution in [2.24, 2.45) is 11.7 Å². The van der Waals surface area contributed by atoms with Crippen LogP contribution in [0, 0.1) is 5.92 Å². The zero-order valence-corrected chi connectivity index (χ0v) is 10.4. The number of amides is 1. The van der Waals surface area contributed by atoms with Crippen LogP contribution in [0.1, 0.15) is 39.5 Å². The fourth-order valence-corrected chi connectivity index (χ4v) is 2.03. The van der Waals surface area contributed by atoms with E-state index in [1.54, 1.807) is 0 Å². The summed E-state index contributed by atoms with van der Waals surface area (Å²) in [7, 11) is 0. The number of nitrogens with two attached hydrogens (primary N) is 1. The van der Waals surface area contributed by atoms with Gasteiger partial charge in [-0.25, -0.2) is 0 Å². The Labute approximate surface area is 97.9 Å². The molecular formula is C12H24N2O2. The highest BCUT2D eigenvalue weighted by molar-refractivity contribution is 5.77. The number of rotatable bonds is 5. The standard InChI is InChI=1S/C12H24N2O2/c1-9(2)16-8-12(15)14-7-10-5-3-4-6-11(10)13/h9-11H,3-8,13H2,1-2H3,(H,14,15). The minimum atomic E-state index is -0.0357. The van der Waals surface area contributed by atoms with Crippen molar-refractivity contribution in [2.45, 2.75) is 51.7 Å². The number of hydrogen-bond donors (Lipinski definition) is 2. The van der Waals surface area contributed by atoms with E-state index in [0.29, 0.717) is 12.5 Å². The van der Waals surface area contributed by atoms with Gasteiger partial charge in [-0.15, -0.1) is 0 Å². The first-order valence-corrected chi connectivity index (χ1v) is 6.23. The number of nitrogens with one attached hydrogen (secondary N) is 1. The molecule has 1 rings (SSSR count). The van der Waals surface area contributed by atoms with Gasteiger partial charge >= 0.3 is 0 Å². The summed E-state index contributed by atoms with van der Waals surface area (Å²) in [6.07, 6.45) is 4.77. The summed E-state index contributed by atoms with van der Waals surface area (Å²) < 4.78 is 5.23. The SMILES string of the molecule is CC(C)OCC(=O)NCC1CCCCC1N. The molecule has 0 aromatic carbocycles. The molecule has 0 radical (unpaired) electrons. The highest BCUT2D eigenvalue weighted by Gasteiger charge is 2.21. The van der Waals surface area contributed by atoms with Crippen molar-refractivity contribution in [1.82, 2.24) is 5.32 Å². The van der Waals surface area contributed by atoms with Crippen LogP contribution in [0.15, 0.2) is 0 Å². The molecule has 0 bridgehead atoms. The highest BCUT2D eigenvalue weighted by Crippen LogP contribution is 2.21. The monoisotopic (exact) mass is 228 g/mol. The number of hydrogen-bond acceptors (Lipinski definition) is 3. The van der Waals surface area contributed by atoms with Crippen LogP contribution in [0.3, 0.4) is 0 Å². The van der Waals surface area contributed by atoms with Crippen LogP contribution in [0.25, 0.3) is 0 Å². The van der Waals surface area contributed by atoms with Crippen molar-refractivity contribution in [3.05, 3.63) is 0 Å². The minimum absolute atomic E-state index is 0.0357. The van der Waals surface area contributed by atoms with Crippen molar-refractivity contribution in [1.29, 1.82) is 0 Å². The van der Waals surface area contributed by atoms with E-state index >= 15 is 0 Å². The van der Waals surface area contributed by atoms with Crippen LogP contribution in [0.2, 0.25) is 0 Å². The Morgan fingerprint density at radius 3 is 2.75 bits per heavy atom. The molecule has 4 heteroatoms. The summed E-state index contributed by atoms with van der Waals surface area (Å²) in [5.74, 6) is 0.406. The molecule has 2 unspecified atom stereocenters. The molecule has 1 amide bonds. The second-order valence-corrected chi connectivity index (χ2v) is 4.87. The summed E-state index contributed by atoms with van der Waals surface area (Å²) in [5, 5.41) is 2.89. The molecule has 0 aromatic heterocycles. The minimum Gasteiger partial charge on any atom is -0.369 e. The van der Waals surface area contributed by atoms with E-state index in [-0.39, 0.29) is 24.7 Å². The largest absolute Gasteiger partial charge is 0.369 e. The molecule has 1 aliphatic rings. The van der Waals surface area contributed by atoms with E-state index in [2.05, 4.69) is 5.32 Å². The first-order valence-electron chi connectivity index (χ1n) is 6.23. The van der Waals surface area contributed by atoms with Gasteiger partial charge < -0.3 is 15.8 Å². The molecule has 0 heterocycles. The maximum Gasteiger partial charge on any atom is 0.246 e. The predicted octanol–water partition coefficient (Wildman–Crippen LogP) is 1.05. The van der Waals surface area contributed by atoms with Gasteiger partial charge in [-0.05, 0) is 32.6 Å². The number of ether oxygens (including phenoxy) is 1. The summed E-state index contributed by atoms with van der Waals surface area (Å²) in [6, 6.07) is 0.250. The molecule has 1 saturated carbocycles. The molecule has 94 valence electrons. The lowest BCUT2D eigenvalue weighted by Gasteiger charge is -2.28. The van der Waals surface area contributed by atoms with E-state index in [1.165, 1.54) is 12.8 Å². The molecule has 0 aliphatic heterocycles. The van der Waals surface area contributed by atoms with Crippen LogP contribution in [-0.4, -0.2) is 31.2 Å². The number of carbonyl (C=O) groups excluding carboxylic acids is 1. The van der Waals surface area contributed by atoms with Gasteiger partial charge in [0.2, 0.25) is 5.91 Å². The molecule has 16 heavy (non-hydrogen) atoms. The normalized spacial score (nSPS) is 25.8. The van der Waals surface area contributed by atoms with Gasteiger partial charge in [0.05, 0.1) is 6.10 Å². The van der Waals surface area contributed by atoms with Gasteiger partial charge in [0.1, 0.15) is 6.61 Å². The fourth-order valence-electron chi connectivity index (χ4n) is 2.03. The van der Waals surface area contributed by atoms with Gasteiger partial charge in [-0.1, -0.05) is 12.8 Å². The average molecular weight is 228 g/mol. The predicted molar refractivity (Wildman–Crippen MR) is 64.0 cm³/mol. The van der Waals surface area contributed by atoms with Gasteiger partial charge in [0.25, 0.3) is 0 Å². The van der Waals surface area contributed by atoms with Crippen molar-refractivity contribution in [3.63, 3.8) is 0 Å². The van der Waals surface area contributed by atoms with E-state index in [0.717, 1.165) is 12.8 Å². The van der Waals surface area contributed by atoms with Crippen LogP contribution >= 0.6 is 0 Å². The zero-order chi connectivity index (χ0) is 12.0. The maximum absolute atomic E-state index is 11.4. The number of carbonyl (C=O) groups is 1. The van der Waals surface area contributed by atoms with Crippen molar-refractivity contribution in [3.8, 4) is 0 Å². The molecule has 1 aliphatic carbocycles. The van der Waals surface area contributed by atoms with Gasteiger partial charge in [0, 0.05) is 12.6 Å². The van der Waals surface area contributed by atoms with Gasteiger partial charge in [-0.2, -0.15) is 0 Å². The van der Waals surface area contributed by atoms with Gasteiger partial charge in [0.15, 0.2) is 0 Å². The second-order valence-electron chi connectivity index (χ2n) is 4.87. The molecule has 0 spiro atoms. The molecule has 4 nitrogen and oxygen atoms in total. The van der Waals surface area contributed by atoms with Crippen molar-refractivity contribution < 1.29 is 9.53 Å². The summed E-state index contributed by atoms with van der Waals surface area (Å²) in [4.78, 5) is 11.4. The Kier molecular flexibility index (Phi) is 5.77. The molecule has 0 aromatic rings. The molecule has 1 fully saturated rings. The summed E-state index contributed by atoms with van der Waals surface area (Å²) >= 11 is 0. The van der Waals surface area contributed by atoms with Crippen molar-refractivity contribution in [2.75, 3.05) is 13.2 Å². The average Bonchev–Trinajstić information content (AvgIpc) is 2.25. The first-order chi connectivity index (χ1) is 7.59. The third-order valence-electron chi connectivity index (χ3n) is 3.08. The van der Waals surface area contributed by atoms with Crippen LogP contribution in [0.5, 0.6) is 0 Å². The Hall–Kier alpha value is -0.610. The molecule has 0 saturated heterocycles. The van der Waals surface area contributed by atoms with Crippen molar-refractivity contribution >= 4 is 5.91 Å². The van der Waals surface area contributed by atoms with Crippen LogP contribution in [-0.2, 0) is 9.53 Å². The zero-order valence-electron chi connectivity index (χ0n) is 10.4. The third-order valence-corrected chi connectivity index (χ3v) is 3.08. The third kappa shape index (κ3) is 4.94. The topological polar surface area (TPSA) is 64.3 Å². The first kappa shape index (κ1) is 13.5. The maximum atomic E-state index is 11.4. The van der Waals surface area contributed by atoms with E-state index in [9.17, 15) is 4.79 Å². The van der Waals surface area contributed by atoms with Gasteiger partial charge in [-0.3, -0.25) is 4.79 Å². The quantitative estimate of drug-likeness (QED) is 0.739. The summed E-state index contributed by atoms with van der Waals surface area (Å²) in [5.41, 5.74) is 6.00. The lowest BCUT2D eigenvalue weighted by atomic mass is 9.85. The Balaban J connectivity index is 2.15. The van der Waals surface area contributed by atoms with E-state index < -0.39 is 0 Å². The molecular weight excluding hydrogens is 204 g/mol. The highest BCUT2D eigenvalue weighted by atomic mass is 16.5. The lowest BCUT2D eigenvalue weighted by Crippen LogP contribution is -2.42. The van der Waals surface area contributed by atoms with Crippen LogP contribution < -0.4 is 11.1 Å².